The van der Waals surface area contributed by atoms with Crippen molar-refractivity contribution in [3.63, 3.8) is 0 Å². The molecule has 0 bridgehead atoms. The Kier molecular flexibility index (Phi) is 7.81. The van der Waals surface area contributed by atoms with E-state index in [9.17, 15) is 13.2 Å². The molecule has 0 unspecified atom stereocenters. The fourth-order valence-electron chi connectivity index (χ4n) is 4.09. The van der Waals surface area contributed by atoms with Crippen LogP contribution < -0.4 is 0 Å². The molecule has 0 radical (unpaired) electrons. The molecule has 3 aromatic rings. The van der Waals surface area contributed by atoms with Gasteiger partial charge in [0.15, 0.2) is 6.29 Å². The zero-order chi connectivity index (χ0) is 24.1. The minimum absolute atomic E-state index is 0.107. The summed E-state index contributed by atoms with van der Waals surface area (Å²) in [6.07, 6.45) is 5.56. The molecule has 1 aliphatic heterocycles. The van der Waals surface area contributed by atoms with E-state index < -0.39 is 23.7 Å². The maximum absolute atomic E-state index is 15.0. The molecule has 0 N–H and O–H groups in total. The Morgan fingerprint density at radius 1 is 0.882 bits per heavy atom. The van der Waals surface area contributed by atoms with E-state index >= 15 is 0 Å². The van der Waals surface area contributed by atoms with E-state index in [-0.39, 0.29) is 11.1 Å². The van der Waals surface area contributed by atoms with Crippen LogP contribution in [-0.4, -0.2) is 26.7 Å². The second-order valence-corrected chi connectivity index (χ2v) is 8.36. The van der Waals surface area contributed by atoms with Gasteiger partial charge in [0.2, 0.25) is 0 Å². The van der Waals surface area contributed by atoms with Gasteiger partial charge < -0.3 is 9.47 Å². The summed E-state index contributed by atoms with van der Waals surface area (Å²) in [6.45, 7) is 3.16. The maximum atomic E-state index is 15.0. The average molecular weight is 462 g/mol. The zero-order valence-corrected chi connectivity index (χ0v) is 19.1. The molecular formula is C28H26BF3O2. The summed E-state index contributed by atoms with van der Waals surface area (Å²) < 4.78 is 55.2. The van der Waals surface area contributed by atoms with Crippen molar-refractivity contribution in [1.29, 1.82) is 0 Å². The first-order chi connectivity index (χ1) is 16.5. The quantitative estimate of drug-likeness (QED) is 0.295. The Morgan fingerprint density at radius 2 is 1.53 bits per heavy atom. The van der Waals surface area contributed by atoms with E-state index in [1.54, 1.807) is 36.4 Å². The van der Waals surface area contributed by atoms with Gasteiger partial charge in [0, 0.05) is 11.5 Å². The summed E-state index contributed by atoms with van der Waals surface area (Å²) in [6, 6.07) is 14.6. The van der Waals surface area contributed by atoms with E-state index in [4.69, 9.17) is 9.47 Å². The van der Waals surface area contributed by atoms with E-state index in [1.165, 1.54) is 24.2 Å². The van der Waals surface area contributed by atoms with Crippen LogP contribution in [0.1, 0.15) is 37.2 Å². The molecule has 6 heteroatoms. The Bertz CT molecular complexity index is 1180. The van der Waals surface area contributed by atoms with Gasteiger partial charge in [0.1, 0.15) is 0 Å². The molecule has 0 atom stereocenters. The predicted molar refractivity (Wildman–Crippen MR) is 132 cm³/mol. The third kappa shape index (κ3) is 5.24. The summed E-state index contributed by atoms with van der Waals surface area (Å²) >= 11 is 0. The van der Waals surface area contributed by atoms with Crippen molar-refractivity contribution in [3.05, 3.63) is 95.3 Å². The number of rotatable bonds is 7. The molecule has 3 aromatic carbocycles. The number of ether oxygens (including phenoxy) is 2. The van der Waals surface area contributed by atoms with E-state index in [2.05, 4.69) is 13.6 Å². The van der Waals surface area contributed by atoms with Gasteiger partial charge in [-0.05, 0) is 19.8 Å². The fourth-order valence-corrected chi connectivity index (χ4v) is 4.09. The van der Waals surface area contributed by atoms with Crippen LogP contribution in [0.5, 0.6) is 0 Å². The molecule has 2 nitrogen and oxygen atoms in total. The van der Waals surface area contributed by atoms with Crippen molar-refractivity contribution in [2.24, 2.45) is 5.92 Å². The third-order valence-electron chi connectivity index (χ3n) is 6.05. The third-order valence-corrected chi connectivity index (χ3v) is 6.05. The van der Waals surface area contributed by atoms with Gasteiger partial charge in [-0.15, -0.1) is 0 Å². The Labute approximate surface area is 199 Å². The van der Waals surface area contributed by atoms with Crippen molar-refractivity contribution in [2.45, 2.75) is 26.1 Å². The number of hydrogen-bond acceptors (Lipinski definition) is 2. The average Bonchev–Trinajstić information content (AvgIpc) is 2.86. The summed E-state index contributed by atoms with van der Waals surface area (Å²) in [5, 5.41) is 0. The molecule has 1 aliphatic rings. The van der Waals surface area contributed by atoms with Crippen LogP contribution in [0.2, 0.25) is 0 Å². The Morgan fingerprint density at radius 3 is 2.15 bits per heavy atom. The number of hydrogen-bond donors (Lipinski definition) is 0. The van der Waals surface area contributed by atoms with Gasteiger partial charge in [-0.3, -0.25) is 0 Å². The van der Waals surface area contributed by atoms with Gasteiger partial charge in [0.25, 0.3) is 0 Å². The first-order valence-corrected chi connectivity index (χ1v) is 11.4. The number of benzene rings is 3. The number of halogens is 3. The standard InChI is InChI=1S/C28H26BF3O2/c1-2-3-4-5-18-16-33-28(34-17-18)21-10-12-23(25(30)14-21)19-6-8-20(9-7-19)24-13-11-22(15-29)26(31)27(24)32/h2-3,6-15,18,28-29H,4-5,16-17H2,1H3/b3-2+. The molecule has 174 valence electrons. The van der Waals surface area contributed by atoms with Crippen molar-refractivity contribution in [3.8, 4) is 22.3 Å². The minimum atomic E-state index is -0.936. The first kappa shape index (κ1) is 24.2. The molecule has 0 spiro atoms. The Hall–Kier alpha value is -2.96. The van der Waals surface area contributed by atoms with Gasteiger partial charge >= 0.3 is 126 Å². The van der Waals surface area contributed by atoms with E-state index in [0.717, 1.165) is 12.8 Å². The zero-order valence-electron chi connectivity index (χ0n) is 19.1. The summed E-state index contributed by atoms with van der Waals surface area (Å²) in [7, 11) is 3.48. The summed E-state index contributed by atoms with van der Waals surface area (Å²) in [5.74, 6) is -0.668. The van der Waals surface area contributed by atoms with Gasteiger partial charge in [-0.25, -0.2) is 0 Å². The van der Waals surface area contributed by atoms with E-state index in [0.29, 0.717) is 41.4 Å². The molecule has 0 saturated carbocycles. The molecule has 34 heavy (non-hydrogen) atoms. The van der Waals surface area contributed by atoms with Crippen molar-refractivity contribution >= 4 is 13.5 Å². The monoisotopic (exact) mass is 462 g/mol. The SMILES string of the molecule is B=Cc1ccc(-c2ccc(-c3ccc(C4OCC(CC/C=C/C)CO4)cc3F)cc2)c(F)c1F. The topological polar surface area (TPSA) is 18.5 Å². The van der Waals surface area contributed by atoms with Crippen molar-refractivity contribution in [1.82, 2.24) is 0 Å². The molecule has 0 aromatic heterocycles. The van der Waals surface area contributed by atoms with Crippen LogP contribution in [0, 0.1) is 23.4 Å². The van der Waals surface area contributed by atoms with Crippen molar-refractivity contribution in [2.75, 3.05) is 13.2 Å². The fraction of sp³-hybridized carbons (Fsp3) is 0.250. The summed E-state index contributed by atoms with van der Waals surface area (Å²) in [4.78, 5) is 0. The number of allylic oxidation sites excluding steroid dienone is 2. The van der Waals surface area contributed by atoms with Crippen LogP contribution in [0.25, 0.3) is 22.3 Å². The first-order valence-electron chi connectivity index (χ1n) is 11.4. The van der Waals surface area contributed by atoms with Crippen LogP contribution in [0.15, 0.2) is 66.7 Å². The van der Waals surface area contributed by atoms with Crippen LogP contribution in [-0.2, 0) is 9.47 Å². The van der Waals surface area contributed by atoms with Gasteiger partial charge in [-0.2, -0.15) is 0 Å². The second-order valence-electron chi connectivity index (χ2n) is 8.36. The molecular weight excluding hydrogens is 436 g/mol. The normalized spacial score (nSPS) is 18.3. The predicted octanol–water partition coefficient (Wildman–Crippen LogP) is 6.51. The Balaban J connectivity index is 1.47. The molecule has 1 heterocycles. The second kappa shape index (κ2) is 11.0. The van der Waals surface area contributed by atoms with Crippen molar-refractivity contribution < 1.29 is 22.6 Å². The molecule has 1 fully saturated rings. The molecule has 1 saturated heterocycles. The van der Waals surface area contributed by atoms with Crippen LogP contribution >= 0.6 is 0 Å². The van der Waals surface area contributed by atoms with Crippen LogP contribution in [0.3, 0.4) is 0 Å². The summed E-state index contributed by atoms with van der Waals surface area (Å²) in [5.41, 5.74) is 2.41. The molecule has 0 aliphatic carbocycles. The van der Waals surface area contributed by atoms with Gasteiger partial charge in [0.05, 0.1) is 13.2 Å². The van der Waals surface area contributed by atoms with Crippen LogP contribution in [0.4, 0.5) is 13.2 Å². The molecule has 0 amide bonds. The van der Waals surface area contributed by atoms with E-state index in [1.807, 2.05) is 13.0 Å². The van der Waals surface area contributed by atoms with Gasteiger partial charge in [-0.1, -0.05) is 12.2 Å². The molecule has 4 rings (SSSR count).